The minimum atomic E-state index is -0.425. The third-order valence-electron chi connectivity index (χ3n) is 13.3. The highest BCUT2D eigenvalue weighted by Crippen LogP contribution is 2.64. The second-order valence-corrected chi connectivity index (χ2v) is 16.4. The largest absolute Gasteiger partial charge is 0.455 e. The van der Waals surface area contributed by atoms with Gasteiger partial charge in [0.15, 0.2) is 0 Å². The Bertz CT molecular complexity index is 3490. The predicted octanol–water partition coefficient (Wildman–Crippen LogP) is 15.9. The van der Waals surface area contributed by atoms with Gasteiger partial charge in [0, 0.05) is 33.3 Å². The van der Waals surface area contributed by atoms with Gasteiger partial charge in [0.05, 0.1) is 11.1 Å². The summed E-state index contributed by atoms with van der Waals surface area (Å²) in [5.41, 5.74) is 19.8. The fourth-order valence-corrected chi connectivity index (χ4v) is 10.7. The molecule has 1 heterocycles. The second kappa shape index (κ2) is 13.0. The molecule has 0 saturated heterocycles. The fraction of sp³-hybridized carbons (Fsp3) is 0.0169. The van der Waals surface area contributed by atoms with Crippen molar-refractivity contribution in [2.75, 3.05) is 4.90 Å². The van der Waals surface area contributed by atoms with Crippen molar-refractivity contribution in [3.8, 4) is 44.5 Å². The third kappa shape index (κ3) is 4.85. The van der Waals surface area contributed by atoms with Crippen LogP contribution in [0.25, 0.3) is 77.2 Å². The molecule has 2 aliphatic carbocycles. The van der Waals surface area contributed by atoms with Crippen LogP contribution in [0.1, 0.15) is 22.3 Å². The standard InChI is InChI=1S/C59H37NO/c1-2-15-40(16-3-1)45-21-12-22-48-50-37-42(31-35-56(50)61-58(45)48)39-28-32-43(33-29-39)60(44-34-30-38-14-4-5-17-41(38)36-44)55-27-13-26-54-57(55)49-20-8-11-25-53(49)59(54)51-23-9-6-18-46(51)47-19-7-10-24-52(47)59/h1-37H. The summed E-state index contributed by atoms with van der Waals surface area (Å²) < 4.78 is 6.54. The lowest BCUT2D eigenvalue weighted by Crippen LogP contribution is -2.26. The molecule has 0 N–H and O–H groups in total. The number of nitrogens with zero attached hydrogens (tertiary/aromatic N) is 1. The molecule has 0 amide bonds. The summed E-state index contributed by atoms with van der Waals surface area (Å²) >= 11 is 0. The van der Waals surface area contributed by atoms with Crippen molar-refractivity contribution in [1.29, 1.82) is 0 Å². The zero-order valence-corrected chi connectivity index (χ0v) is 33.2. The van der Waals surface area contributed by atoms with E-state index in [1.54, 1.807) is 0 Å². The zero-order valence-electron chi connectivity index (χ0n) is 33.2. The molecule has 284 valence electrons. The minimum Gasteiger partial charge on any atom is -0.455 e. The first-order valence-corrected chi connectivity index (χ1v) is 21.1. The van der Waals surface area contributed by atoms with E-state index in [1.807, 2.05) is 0 Å². The number of para-hydroxylation sites is 1. The van der Waals surface area contributed by atoms with Crippen molar-refractivity contribution in [2.45, 2.75) is 5.41 Å². The summed E-state index contributed by atoms with van der Waals surface area (Å²) in [5, 5.41) is 4.68. The van der Waals surface area contributed by atoms with Crippen molar-refractivity contribution < 1.29 is 4.42 Å². The molecular weight excluding hydrogens is 739 g/mol. The van der Waals surface area contributed by atoms with Gasteiger partial charge < -0.3 is 9.32 Å². The number of furan rings is 1. The Morgan fingerprint density at radius 1 is 0.344 bits per heavy atom. The first-order valence-electron chi connectivity index (χ1n) is 21.1. The highest BCUT2D eigenvalue weighted by Gasteiger charge is 2.52. The van der Waals surface area contributed by atoms with Gasteiger partial charge in [0.2, 0.25) is 0 Å². The van der Waals surface area contributed by atoms with Gasteiger partial charge in [-0.05, 0) is 109 Å². The van der Waals surface area contributed by atoms with Crippen LogP contribution in [0.4, 0.5) is 17.1 Å². The maximum Gasteiger partial charge on any atom is 0.143 e. The monoisotopic (exact) mass is 775 g/mol. The van der Waals surface area contributed by atoms with Crippen LogP contribution >= 0.6 is 0 Å². The fourth-order valence-electron chi connectivity index (χ4n) is 10.7. The van der Waals surface area contributed by atoms with E-state index < -0.39 is 5.41 Å². The van der Waals surface area contributed by atoms with Crippen LogP contribution in [0, 0.1) is 0 Å². The molecule has 10 aromatic carbocycles. The Hall–Kier alpha value is -7.94. The van der Waals surface area contributed by atoms with E-state index in [0.717, 1.165) is 61.3 Å². The van der Waals surface area contributed by atoms with Crippen molar-refractivity contribution in [3.63, 3.8) is 0 Å². The molecule has 1 spiro atoms. The maximum atomic E-state index is 6.54. The van der Waals surface area contributed by atoms with E-state index in [4.69, 9.17) is 4.42 Å². The van der Waals surface area contributed by atoms with Gasteiger partial charge in [-0.1, -0.05) is 182 Å². The number of hydrogen-bond acceptors (Lipinski definition) is 2. The molecule has 61 heavy (non-hydrogen) atoms. The predicted molar refractivity (Wildman–Crippen MR) is 253 cm³/mol. The zero-order chi connectivity index (χ0) is 40.1. The molecule has 13 rings (SSSR count). The van der Waals surface area contributed by atoms with Crippen LogP contribution in [0.2, 0.25) is 0 Å². The normalized spacial score (nSPS) is 13.0. The van der Waals surface area contributed by atoms with Crippen LogP contribution in [-0.4, -0.2) is 0 Å². The van der Waals surface area contributed by atoms with Gasteiger partial charge >= 0.3 is 0 Å². The topological polar surface area (TPSA) is 16.4 Å². The van der Waals surface area contributed by atoms with Crippen LogP contribution in [0.5, 0.6) is 0 Å². The first kappa shape index (κ1) is 34.0. The van der Waals surface area contributed by atoms with Gasteiger partial charge in [-0.15, -0.1) is 0 Å². The molecule has 1 aromatic heterocycles. The molecule has 0 unspecified atom stereocenters. The number of rotatable bonds is 5. The molecule has 0 saturated carbocycles. The number of hydrogen-bond donors (Lipinski definition) is 0. The van der Waals surface area contributed by atoms with Gasteiger partial charge in [0.1, 0.15) is 11.2 Å². The Balaban J connectivity index is 0.991. The Morgan fingerprint density at radius 2 is 0.934 bits per heavy atom. The highest BCUT2D eigenvalue weighted by atomic mass is 16.3. The van der Waals surface area contributed by atoms with Gasteiger partial charge in [-0.3, -0.25) is 0 Å². The lowest BCUT2D eigenvalue weighted by molar-refractivity contribution is 0.670. The maximum absolute atomic E-state index is 6.54. The van der Waals surface area contributed by atoms with Crippen LogP contribution in [0.15, 0.2) is 229 Å². The van der Waals surface area contributed by atoms with Crippen LogP contribution in [-0.2, 0) is 5.41 Å². The van der Waals surface area contributed by atoms with Crippen molar-refractivity contribution in [3.05, 3.63) is 247 Å². The molecule has 0 aliphatic heterocycles. The summed E-state index contributed by atoms with van der Waals surface area (Å²) in [4.78, 5) is 2.47. The minimum absolute atomic E-state index is 0.425. The van der Waals surface area contributed by atoms with Gasteiger partial charge in [-0.25, -0.2) is 0 Å². The number of anilines is 3. The molecule has 0 bridgehead atoms. The van der Waals surface area contributed by atoms with Crippen molar-refractivity contribution in [2.24, 2.45) is 0 Å². The lowest BCUT2D eigenvalue weighted by Gasteiger charge is -2.32. The average Bonchev–Trinajstić information content (AvgIpc) is 3.96. The van der Waals surface area contributed by atoms with Crippen molar-refractivity contribution >= 4 is 49.8 Å². The number of benzene rings is 10. The Labute approximate surface area is 354 Å². The smallest absolute Gasteiger partial charge is 0.143 e. The lowest BCUT2D eigenvalue weighted by atomic mass is 9.70. The summed E-state index contributed by atoms with van der Waals surface area (Å²) in [6.07, 6.45) is 0. The second-order valence-electron chi connectivity index (χ2n) is 16.4. The van der Waals surface area contributed by atoms with Gasteiger partial charge in [-0.2, -0.15) is 0 Å². The van der Waals surface area contributed by atoms with Crippen LogP contribution in [0.3, 0.4) is 0 Å². The Morgan fingerprint density at radius 3 is 1.70 bits per heavy atom. The average molecular weight is 776 g/mol. The quantitative estimate of drug-likeness (QED) is 0.173. The van der Waals surface area contributed by atoms with Gasteiger partial charge in [0.25, 0.3) is 0 Å². The first-order chi connectivity index (χ1) is 30.3. The molecule has 2 heteroatoms. The van der Waals surface area contributed by atoms with E-state index in [1.165, 1.54) is 55.3 Å². The molecular formula is C59H37NO. The third-order valence-corrected chi connectivity index (χ3v) is 13.3. The SMILES string of the molecule is c1ccc(-c2cccc3c2oc2ccc(-c4ccc(N(c5ccc6ccccc6c5)c5cccc6c5-c5ccccc5C65c6ccccc6-c6ccccc65)cc4)cc23)cc1. The Kier molecular flexibility index (Phi) is 7.26. The summed E-state index contributed by atoms with van der Waals surface area (Å²) in [5.74, 6) is 0. The van der Waals surface area contributed by atoms with E-state index in [-0.39, 0.29) is 0 Å². The van der Waals surface area contributed by atoms with E-state index in [0.29, 0.717) is 0 Å². The van der Waals surface area contributed by atoms with E-state index in [9.17, 15) is 0 Å². The van der Waals surface area contributed by atoms with Crippen molar-refractivity contribution in [1.82, 2.24) is 0 Å². The molecule has 0 atom stereocenters. The highest BCUT2D eigenvalue weighted by molar-refractivity contribution is 6.11. The number of fused-ring (bicyclic) bond motifs is 14. The summed E-state index contributed by atoms with van der Waals surface area (Å²) in [6, 6.07) is 82.2. The summed E-state index contributed by atoms with van der Waals surface area (Å²) in [6.45, 7) is 0. The molecule has 0 radical (unpaired) electrons. The summed E-state index contributed by atoms with van der Waals surface area (Å²) in [7, 11) is 0. The molecule has 0 fully saturated rings. The molecule has 2 aliphatic rings. The van der Waals surface area contributed by atoms with E-state index >= 15 is 0 Å². The molecule has 2 nitrogen and oxygen atoms in total. The van der Waals surface area contributed by atoms with Crippen LogP contribution < -0.4 is 4.90 Å². The molecule has 11 aromatic rings. The van der Waals surface area contributed by atoms with E-state index in [2.05, 4.69) is 229 Å².